The first-order chi connectivity index (χ1) is 9.81. The molecule has 1 aromatic carbocycles. The van der Waals surface area contributed by atoms with Gasteiger partial charge in [0.05, 0.1) is 29.5 Å². The Kier molecular flexibility index (Phi) is 5.98. The van der Waals surface area contributed by atoms with Gasteiger partial charge in [0.25, 0.3) is 5.91 Å². The summed E-state index contributed by atoms with van der Waals surface area (Å²) >= 11 is 0. The van der Waals surface area contributed by atoms with Gasteiger partial charge in [-0.05, 0) is 12.1 Å². The number of alkyl halides is 3. The van der Waals surface area contributed by atoms with Crippen molar-refractivity contribution >= 4 is 11.6 Å². The number of amides is 1. The summed E-state index contributed by atoms with van der Waals surface area (Å²) in [5.74, 6) is -0.697. The summed E-state index contributed by atoms with van der Waals surface area (Å²) in [6.07, 6.45) is -5.00. The molecule has 21 heavy (non-hydrogen) atoms. The number of nitrogen functional groups attached to an aromatic ring is 1. The molecule has 118 valence electrons. The predicted octanol–water partition coefficient (Wildman–Crippen LogP) is 1.68. The van der Waals surface area contributed by atoms with Gasteiger partial charge in [-0.15, -0.1) is 0 Å². The summed E-state index contributed by atoms with van der Waals surface area (Å²) in [4.78, 5) is 11.9. The van der Waals surface area contributed by atoms with Crippen LogP contribution in [-0.4, -0.2) is 39.4 Å². The quantitative estimate of drug-likeness (QED) is 0.784. The smallest absolute Gasteiger partial charge is 0.398 e. The molecule has 0 aliphatic heterocycles. The van der Waals surface area contributed by atoms with E-state index in [-0.39, 0.29) is 18.7 Å². The van der Waals surface area contributed by atoms with Crippen LogP contribution in [0.15, 0.2) is 18.2 Å². The average Bonchev–Trinajstić information content (AvgIpc) is 2.42. The number of ether oxygens (including phenoxy) is 2. The fraction of sp³-hybridized carbons (Fsp3) is 0.462. The summed E-state index contributed by atoms with van der Waals surface area (Å²) in [6.45, 7) is 0.341. The number of rotatable bonds is 6. The average molecular weight is 306 g/mol. The minimum atomic E-state index is -4.61. The number of carbonyl (C=O) groups excluding carboxylic acids is 1. The molecule has 1 amide bonds. The summed E-state index contributed by atoms with van der Waals surface area (Å²) in [6, 6.07) is 3.20. The van der Waals surface area contributed by atoms with Gasteiger partial charge in [-0.1, -0.05) is 6.07 Å². The largest absolute Gasteiger partial charge is 0.418 e. The zero-order chi connectivity index (χ0) is 16.0. The highest BCUT2D eigenvalue weighted by molar-refractivity contribution is 5.99. The summed E-state index contributed by atoms with van der Waals surface area (Å²) in [5, 5.41) is 2.46. The van der Waals surface area contributed by atoms with E-state index in [0.717, 1.165) is 12.1 Å². The van der Waals surface area contributed by atoms with E-state index >= 15 is 0 Å². The first-order valence-electron chi connectivity index (χ1n) is 6.06. The van der Waals surface area contributed by atoms with Gasteiger partial charge in [-0.2, -0.15) is 13.2 Å². The van der Waals surface area contributed by atoms with Crippen molar-refractivity contribution in [3.63, 3.8) is 0 Å². The number of nitrogens with one attached hydrogen (secondary N) is 1. The Morgan fingerprint density at radius 2 is 2.05 bits per heavy atom. The Bertz CT molecular complexity index is 492. The minimum absolute atomic E-state index is 0.0961. The highest BCUT2D eigenvalue weighted by atomic mass is 19.4. The second kappa shape index (κ2) is 7.28. The molecule has 1 unspecified atom stereocenters. The lowest BCUT2D eigenvalue weighted by Crippen LogP contribution is -2.36. The number of halogens is 3. The van der Waals surface area contributed by atoms with E-state index in [4.69, 9.17) is 15.2 Å². The molecule has 0 fully saturated rings. The second-order valence-corrected chi connectivity index (χ2v) is 4.29. The lowest BCUT2D eigenvalue weighted by molar-refractivity contribution is -0.136. The maximum Gasteiger partial charge on any atom is 0.418 e. The molecule has 0 radical (unpaired) electrons. The van der Waals surface area contributed by atoms with Crippen LogP contribution in [-0.2, 0) is 15.7 Å². The van der Waals surface area contributed by atoms with Crippen LogP contribution < -0.4 is 11.1 Å². The van der Waals surface area contributed by atoms with Gasteiger partial charge < -0.3 is 20.5 Å². The standard InChI is InChI=1S/C13H17F3N2O3/c1-20-7-8(21-2)6-18-12(19)9-4-3-5-10(11(9)17)13(14,15)16/h3-5,8H,6-7,17H2,1-2H3,(H,18,19). The van der Waals surface area contributed by atoms with Crippen LogP contribution in [0, 0.1) is 0 Å². The van der Waals surface area contributed by atoms with Gasteiger partial charge in [-0.25, -0.2) is 0 Å². The molecular formula is C13H17F3N2O3. The Morgan fingerprint density at radius 1 is 1.38 bits per heavy atom. The third kappa shape index (κ3) is 4.61. The molecule has 0 aliphatic rings. The van der Waals surface area contributed by atoms with Crippen molar-refractivity contribution in [3.05, 3.63) is 29.3 Å². The molecule has 1 rings (SSSR count). The van der Waals surface area contributed by atoms with Crippen LogP contribution in [0.25, 0.3) is 0 Å². The van der Waals surface area contributed by atoms with E-state index in [1.807, 2.05) is 0 Å². The molecule has 0 heterocycles. The monoisotopic (exact) mass is 306 g/mol. The number of benzene rings is 1. The molecule has 1 atom stereocenters. The Morgan fingerprint density at radius 3 is 2.57 bits per heavy atom. The Labute approximate surface area is 120 Å². The van der Waals surface area contributed by atoms with Crippen LogP contribution in [0.4, 0.5) is 18.9 Å². The molecule has 0 saturated carbocycles. The molecule has 0 saturated heterocycles. The minimum Gasteiger partial charge on any atom is -0.398 e. The van der Waals surface area contributed by atoms with Crippen molar-refractivity contribution in [3.8, 4) is 0 Å². The molecule has 3 N–H and O–H groups in total. The van der Waals surface area contributed by atoms with E-state index in [1.54, 1.807) is 0 Å². The van der Waals surface area contributed by atoms with Crippen LogP contribution in [0.2, 0.25) is 0 Å². The van der Waals surface area contributed by atoms with Gasteiger partial charge >= 0.3 is 6.18 Å². The first-order valence-corrected chi connectivity index (χ1v) is 6.06. The van der Waals surface area contributed by atoms with Crippen LogP contribution in [0.3, 0.4) is 0 Å². The van der Waals surface area contributed by atoms with Crippen LogP contribution >= 0.6 is 0 Å². The molecule has 0 aliphatic carbocycles. The topological polar surface area (TPSA) is 73.6 Å². The van der Waals surface area contributed by atoms with Crippen molar-refractivity contribution in [1.29, 1.82) is 0 Å². The van der Waals surface area contributed by atoms with Crippen molar-refractivity contribution in [2.45, 2.75) is 12.3 Å². The third-order valence-corrected chi connectivity index (χ3v) is 2.83. The maximum atomic E-state index is 12.7. The SMILES string of the molecule is COCC(CNC(=O)c1cccc(C(F)(F)F)c1N)OC. The molecule has 0 bridgehead atoms. The molecular weight excluding hydrogens is 289 g/mol. The summed E-state index contributed by atoms with van der Waals surface area (Å²) in [7, 11) is 2.91. The zero-order valence-electron chi connectivity index (χ0n) is 11.7. The molecule has 1 aromatic rings. The number of nitrogens with two attached hydrogens (primary N) is 1. The fourth-order valence-electron chi connectivity index (χ4n) is 1.71. The van der Waals surface area contributed by atoms with Crippen molar-refractivity contribution in [2.24, 2.45) is 0 Å². The third-order valence-electron chi connectivity index (χ3n) is 2.83. The Hall–Kier alpha value is -1.80. The molecule has 0 spiro atoms. The van der Waals surface area contributed by atoms with Gasteiger partial charge in [-0.3, -0.25) is 4.79 Å². The predicted molar refractivity (Wildman–Crippen MR) is 70.9 cm³/mol. The van der Waals surface area contributed by atoms with E-state index in [2.05, 4.69) is 5.32 Å². The van der Waals surface area contributed by atoms with E-state index < -0.39 is 29.4 Å². The number of anilines is 1. The first kappa shape index (κ1) is 17.3. The lowest BCUT2D eigenvalue weighted by atomic mass is 10.1. The van der Waals surface area contributed by atoms with Crippen molar-refractivity contribution in [1.82, 2.24) is 5.32 Å². The van der Waals surface area contributed by atoms with E-state index in [9.17, 15) is 18.0 Å². The highest BCUT2D eigenvalue weighted by Crippen LogP contribution is 2.34. The number of hydrogen-bond donors (Lipinski definition) is 2. The number of methoxy groups -OCH3 is 2. The van der Waals surface area contributed by atoms with Gasteiger partial charge in [0.2, 0.25) is 0 Å². The van der Waals surface area contributed by atoms with Crippen molar-refractivity contribution in [2.75, 3.05) is 33.1 Å². The molecule has 5 nitrogen and oxygen atoms in total. The lowest BCUT2D eigenvalue weighted by Gasteiger charge is -2.16. The van der Waals surface area contributed by atoms with Gasteiger partial charge in [0, 0.05) is 20.8 Å². The highest BCUT2D eigenvalue weighted by Gasteiger charge is 2.34. The van der Waals surface area contributed by atoms with Crippen LogP contribution in [0.5, 0.6) is 0 Å². The number of hydrogen-bond acceptors (Lipinski definition) is 4. The molecule has 0 aromatic heterocycles. The number of para-hydroxylation sites is 1. The van der Waals surface area contributed by atoms with Crippen molar-refractivity contribution < 1.29 is 27.4 Å². The Balaban J connectivity index is 2.84. The van der Waals surface area contributed by atoms with Crippen LogP contribution in [0.1, 0.15) is 15.9 Å². The summed E-state index contributed by atoms with van der Waals surface area (Å²) in [5.41, 5.74) is 3.58. The fourth-order valence-corrected chi connectivity index (χ4v) is 1.71. The number of carbonyl (C=O) groups is 1. The van der Waals surface area contributed by atoms with Gasteiger partial charge in [0.1, 0.15) is 0 Å². The maximum absolute atomic E-state index is 12.7. The summed E-state index contributed by atoms with van der Waals surface area (Å²) < 4.78 is 48.0. The zero-order valence-corrected chi connectivity index (χ0v) is 11.7. The van der Waals surface area contributed by atoms with E-state index in [0.29, 0.717) is 0 Å². The second-order valence-electron chi connectivity index (χ2n) is 4.29. The van der Waals surface area contributed by atoms with Gasteiger partial charge in [0.15, 0.2) is 0 Å². The molecule has 8 heteroatoms. The van der Waals surface area contributed by atoms with E-state index in [1.165, 1.54) is 20.3 Å². The normalized spacial score (nSPS) is 13.0.